The standard InChI is InChI=1S/C13H14N4O7S/c1-8(13(18)19)16-25(22,23)10-4-2-3-9(7-10)12-14-11(24-15-12)5-6-17(20)21/h2-4,7-8,16H,5-6H2,1H3,(H,18,19). The van der Waals surface area contributed by atoms with Crippen molar-refractivity contribution < 1.29 is 27.8 Å². The van der Waals surface area contributed by atoms with Gasteiger partial charge in [0.2, 0.25) is 28.3 Å². The second-order valence-electron chi connectivity index (χ2n) is 5.03. The van der Waals surface area contributed by atoms with Crippen LogP contribution in [0.25, 0.3) is 11.4 Å². The Morgan fingerprint density at radius 2 is 2.20 bits per heavy atom. The van der Waals surface area contributed by atoms with E-state index in [1.807, 2.05) is 4.72 Å². The molecule has 1 aromatic heterocycles. The van der Waals surface area contributed by atoms with Crippen LogP contribution < -0.4 is 4.72 Å². The van der Waals surface area contributed by atoms with Gasteiger partial charge in [-0.2, -0.15) is 9.71 Å². The van der Waals surface area contributed by atoms with Crippen molar-refractivity contribution in [3.8, 4) is 11.4 Å². The summed E-state index contributed by atoms with van der Waals surface area (Å²) in [6.45, 7) is 0.831. The van der Waals surface area contributed by atoms with E-state index in [1.165, 1.54) is 31.2 Å². The van der Waals surface area contributed by atoms with E-state index in [4.69, 9.17) is 9.63 Å². The third kappa shape index (κ3) is 4.81. The normalized spacial score (nSPS) is 12.7. The monoisotopic (exact) mass is 370 g/mol. The van der Waals surface area contributed by atoms with Gasteiger partial charge in [0.1, 0.15) is 6.04 Å². The number of benzene rings is 1. The highest BCUT2D eigenvalue weighted by Crippen LogP contribution is 2.20. The van der Waals surface area contributed by atoms with E-state index in [0.717, 1.165) is 0 Å². The van der Waals surface area contributed by atoms with E-state index in [0.29, 0.717) is 5.56 Å². The molecule has 0 fully saturated rings. The maximum atomic E-state index is 12.2. The van der Waals surface area contributed by atoms with Crippen LogP contribution in [0.15, 0.2) is 33.7 Å². The first-order valence-corrected chi connectivity index (χ1v) is 8.47. The van der Waals surface area contributed by atoms with Crippen LogP contribution in [0.4, 0.5) is 0 Å². The van der Waals surface area contributed by atoms with Crippen LogP contribution in [-0.4, -0.2) is 47.1 Å². The Hall–Kier alpha value is -2.86. The molecule has 2 N–H and O–H groups in total. The minimum absolute atomic E-state index is 0.0460. The van der Waals surface area contributed by atoms with Crippen LogP contribution in [0.1, 0.15) is 12.8 Å². The lowest BCUT2D eigenvalue weighted by Crippen LogP contribution is -2.38. The molecule has 1 unspecified atom stereocenters. The number of carbonyl (C=O) groups is 1. The zero-order valence-corrected chi connectivity index (χ0v) is 13.8. The fourth-order valence-corrected chi connectivity index (χ4v) is 3.06. The van der Waals surface area contributed by atoms with Crippen LogP contribution in [0.3, 0.4) is 0 Å². The van der Waals surface area contributed by atoms with Crippen molar-refractivity contribution in [2.24, 2.45) is 0 Å². The van der Waals surface area contributed by atoms with Crippen molar-refractivity contribution in [1.82, 2.24) is 14.9 Å². The summed E-state index contributed by atoms with van der Waals surface area (Å²) in [5.74, 6) is -1.19. The molecule has 0 radical (unpaired) electrons. The molecule has 0 saturated heterocycles. The zero-order valence-electron chi connectivity index (χ0n) is 12.9. The number of aliphatic carboxylic acids is 1. The molecule has 0 spiro atoms. The van der Waals surface area contributed by atoms with Gasteiger partial charge >= 0.3 is 5.97 Å². The number of nitro groups is 1. The third-order valence-electron chi connectivity index (χ3n) is 3.08. The van der Waals surface area contributed by atoms with E-state index in [2.05, 4.69) is 10.1 Å². The lowest BCUT2D eigenvalue weighted by molar-refractivity contribution is -0.479. The second-order valence-corrected chi connectivity index (χ2v) is 6.74. The molecule has 2 rings (SSSR count). The SMILES string of the molecule is CC(NS(=O)(=O)c1cccc(-c2noc(CC[N+](=O)[O-])n2)c1)C(=O)O. The lowest BCUT2D eigenvalue weighted by Gasteiger charge is -2.10. The van der Waals surface area contributed by atoms with Gasteiger partial charge in [-0.3, -0.25) is 14.9 Å². The quantitative estimate of drug-likeness (QED) is 0.491. The first-order chi connectivity index (χ1) is 11.7. The number of aromatic nitrogens is 2. The molecule has 0 saturated carbocycles. The van der Waals surface area contributed by atoms with Crippen molar-refractivity contribution in [1.29, 1.82) is 0 Å². The summed E-state index contributed by atoms with van der Waals surface area (Å²) >= 11 is 0. The van der Waals surface area contributed by atoms with E-state index >= 15 is 0 Å². The minimum atomic E-state index is -4.06. The molecule has 1 atom stereocenters. The predicted molar refractivity (Wildman–Crippen MR) is 82.7 cm³/mol. The Morgan fingerprint density at radius 3 is 2.84 bits per heavy atom. The maximum absolute atomic E-state index is 12.2. The van der Waals surface area contributed by atoms with Gasteiger partial charge < -0.3 is 9.63 Å². The second kappa shape index (κ2) is 7.36. The molecule has 12 heteroatoms. The number of nitrogens with zero attached hydrogens (tertiary/aromatic N) is 3. The lowest BCUT2D eigenvalue weighted by atomic mass is 10.2. The number of nitrogens with one attached hydrogen (secondary N) is 1. The van der Waals surface area contributed by atoms with Crippen molar-refractivity contribution in [2.75, 3.05) is 6.54 Å². The van der Waals surface area contributed by atoms with Crippen molar-refractivity contribution in [3.05, 3.63) is 40.3 Å². The third-order valence-corrected chi connectivity index (χ3v) is 4.62. The predicted octanol–water partition coefficient (Wildman–Crippen LogP) is 0.307. The smallest absolute Gasteiger partial charge is 0.321 e. The van der Waals surface area contributed by atoms with E-state index < -0.39 is 27.0 Å². The topological polar surface area (TPSA) is 166 Å². The molecule has 0 bridgehead atoms. The highest BCUT2D eigenvalue weighted by Gasteiger charge is 2.22. The largest absolute Gasteiger partial charge is 0.480 e. The van der Waals surface area contributed by atoms with E-state index in [9.17, 15) is 23.3 Å². The average Bonchev–Trinajstić information content (AvgIpc) is 3.01. The van der Waals surface area contributed by atoms with Gasteiger partial charge in [0.25, 0.3) is 0 Å². The number of hydrogen-bond acceptors (Lipinski definition) is 8. The van der Waals surface area contributed by atoms with Crippen molar-refractivity contribution in [2.45, 2.75) is 24.3 Å². The molecule has 0 aliphatic carbocycles. The molecular formula is C13H14N4O7S. The summed E-state index contributed by atoms with van der Waals surface area (Å²) < 4.78 is 31.3. The molecule has 25 heavy (non-hydrogen) atoms. The minimum Gasteiger partial charge on any atom is -0.480 e. The number of hydrogen-bond donors (Lipinski definition) is 2. The van der Waals surface area contributed by atoms with Crippen LogP contribution in [0.5, 0.6) is 0 Å². The maximum Gasteiger partial charge on any atom is 0.321 e. The molecule has 1 aromatic carbocycles. The van der Waals surface area contributed by atoms with Gasteiger partial charge in [-0.05, 0) is 19.1 Å². The Labute approximate surface area is 141 Å². The van der Waals surface area contributed by atoms with Crippen LogP contribution in [0, 0.1) is 10.1 Å². The molecule has 1 heterocycles. The van der Waals surface area contributed by atoms with Crippen LogP contribution in [-0.2, 0) is 21.2 Å². The summed E-state index contributed by atoms with van der Waals surface area (Å²) in [4.78, 5) is 24.4. The van der Waals surface area contributed by atoms with Crippen LogP contribution in [0.2, 0.25) is 0 Å². The molecular weight excluding hydrogens is 356 g/mol. The Morgan fingerprint density at radius 1 is 1.48 bits per heavy atom. The number of carboxylic acids is 1. The number of sulfonamides is 1. The van der Waals surface area contributed by atoms with Gasteiger partial charge in [0, 0.05) is 10.5 Å². The Balaban J connectivity index is 2.24. The van der Waals surface area contributed by atoms with Gasteiger partial charge in [-0.15, -0.1) is 0 Å². The fourth-order valence-electron chi connectivity index (χ4n) is 1.81. The first kappa shape index (κ1) is 18.5. The molecule has 0 aliphatic rings. The van der Waals surface area contributed by atoms with E-state index in [-0.39, 0.29) is 29.6 Å². The van der Waals surface area contributed by atoms with Crippen molar-refractivity contribution in [3.63, 3.8) is 0 Å². The summed E-state index contributed by atoms with van der Waals surface area (Å²) in [6, 6.07) is 4.20. The molecule has 0 aliphatic heterocycles. The molecule has 134 valence electrons. The molecule has 0 amide bonds. The van der Waals surface area contributed by atoms with Gasteiger partial charge in [-0.25, -0.2) is 8.42 Å². The van der Waals surface area contributed by atoms with Gasteiger partial charge in [-0.1, -0.05) is 17.3 Å². The first-order valence-electron chi connectivity index (χ1n) is 6.99. The Bertz CT molecular complexity index is 893. The van der Waals surface area contributed by atoms with E-state index in [1.54, 1.807) is 0 Å². The summed E-state index contributed by atoms with van der Waals surface area (Å²) in [6.07, 6.45) is -0.0460. The average molecular weight is 370 g/mol. The number of carboxylic acid groups (broad SMARTS) is 1. The summed E-state index contributed by atoms with van der Waals surface area (Å²) in [5.41, 5.74) is 0.307. The highest BCUT2D eigenvalue weighted by molar-refractivity contribution is 7.89. The highest BCUT2D eigenvalue weighted by atomic mass is 32.2. The Kier molecular flexibility index (Phi) is 5.44. The summed E-state index contributed by atoms with van der Waals surface area (Å²) in [7, 11) is -4.06. The zero-order chi connectivity index (χ0) is 18.6. The molecule has 2 aromatic rings. The van der Waals surface area contributed by atoms with Gasteiger partial charge in [0.15, 0.2) is 0 Å². The molecule has 11 nitrogen and oxygen atoms in total. The van der Waals surface area contributed by atoms with Crippen molar-refractivity contribution >= 4 is 16.0 Å². The fraction of sp³-hybridized carbons (Fsp3) is 0.308. The van der Waals surface area contributed by atoms with Crippen LogP contribution >= 0.6 is 0 Å². The summed E-state index contributed by atoms with van der Waals surface area (Å²) in [5, 5.41) is 22.8. The number of rotatable bonds is 8. The van der Waals surface area contributed by atoms with Gasteiger partial charge in [0.05, 0.1) is 11.3 Å².